The Bertz CT molecular complexity index is 762. The summed E-state index contributed by atoms with van der Waals surface area (Å²) in [6, 6.07) is 6.45. The first-order valence-corrected chi connectivity index (χ1v) is 10.1. The number of likely N-dealkylation sites (N-methyl/N-ethyl adjacent to an activating group) is 1. The summed E-state index contributed by atoms with van der Waals surface area (Å²) in [5.41, 5.74) is 1.84. The highest BCUT2D eigenvalue weighted by Gasteiger charge is 2.44. The van der Waals surface area contributed by atoms with Gasteiger partial charge in [-0.1, -0.05) is 0 Å². The Kier molecular flexibility index (Phi) is 4.81. The highest BCUT2D eigenvalue weighted by atomic mass is 16.2. The quantitative estimate of drug-likeness (QED) is 0.802. The number of aryl methyl sites for hydroxylation is 1. The summed E-state index contributed by atoms with van der Waals surface area (Å²) in [6.07, 6.45) is 4.93. The molecule has 3 aliphatic heterocycles. The molecule has 0 unspecified atom stereocenters. The zero-order valence-corrected chi connectivity index (χ0v) is 16.4. The highest BCUT2D eigenvalue weighted by molar-refractivity contribution is 5.77. The molecule has 3 aliphatic rings. The van der Waals surface area contributed by atoms with Crippen LogP contribution in [0.25, 0.3) is 0 Å². The molecular formula is C21H29N5O. The molecule has 3 fully saturated rings. The van der Waals surface area contributed by atoms with Crippen molar-refractivity contribution in [2.75, 3.05) is 44.7 Å². The second-order valence-corrected chi connectivity index (χ2v) is 8.65. The van der Waals surface area contributed by atoms with Gasteiger partial charge in [0.1, 0.15) is 11.9 Å². The molecular weight excluding hydrogens is 338 g/mol. The molecule has 1 atom stereocenters. The van der Waals surface area contributed by atoms with Crippen LogP contribution in [0.3, 0.4) is 0 Å². The zero-order valence-electron chi connectivity index (χ0n) is 16.4. The van der Waals surface area contributed by atoms with Gasteiger partial charge in [0.25, 0.3) is 0 Å². The number of nitrogens with zero attached hydrogens (tertiary/aromatic N) is 5. The minimum atomic E-state index is 0.238. The van der Waals surface area contributed by atoms with E-state index in [9.17, 15) is 10.1 Å². The summed E-state index contributed by atoms with van der Waals surface area (Å²) >= 11 is 0. The van der Waals surface area contributed by atoms with Gasteiger partial charge in [0.2, 0.25) is 5.91 Å². The number of piperidine rings is 2. The van der Waals surface area contributed by atoms with Crippen LogP contribution in [0.2, 0.25) is 0 Å². The van der Waals surface area contributed by atoms with E-state index in [1.807, 2.05) is 19.1 Å². The summed E-state index contributed by atoms with van der Waals surface area (Å²) in [6.45, 7) is 6.80. The molecule has 1 aromatic heterocycles. The van der Waals surface area contributed by atoms with Crippen molar-refractivity contribution in [2.45, 2.75) is 45.1 Å². The van der Waals surface area contributed by atoms with Gasteiger partial charge < -0.3 is 14.7 Å². The minimum absolute atomic E-state index is 0.238. The molecule has 4 rings (SSSR count). The standard InChI is InChI=1S/C21H29N5O/c1-16-3-4-17(13-22)20(23-16)25-11-8-21(9-12-25)7-5-19(27)26(15-21)18-6-10-24(2)14-18/h3-4,18H,5-12,14-15H2,1-2H3/t18-/m0/s1. The third kappa shape index (κ3) is 3.53. The first-order valence-electron chi connectivity index (χ1n) is 10.1. The number of carbonyl (C=O) groups is 1. The predicted molar refractivity (Wildman–Crippen MR) is 104 cm³/mol. The van der Waals surface area contributed by atoms with Crippen LogP contribution in [0.15, 0.2) is 12.1 Å². The molecule has 1 amide bonds. The molecule has 6 nitrogen and oxygen atoms in total. The third-order valence-electron chi connectivity index (χ3n) is 6.76. The van der Waals surface area contributed by atoms with E-state index in [1.165, 1.54) is 0 Å². The van der Waals surface area contributed by atoms with Crippen molar-refractivity contribution in [2.24, 2.45) is 5.41 Å². The van der Waals surface area contributed by atoms with E-state index >= 15 is 0 Å². The lowest BCUT2D eigenvalue weighted by molar-refractivity contribution is -0.141. The van der Waals surface area contributed by atoms with Gasteiger partial charge in [-0.15, -0.1) is 0 Å². The van der Waals surface area contributed by atoms with Gasteiger partial charge in [-0.05, 0) is 63.7 Å². The molecule has 0 saturated carbocycles. The highest BCUT2D eigenvalue weighted by Crippen LogP contribution is 2.42. The summed E-state index contributed by atoms with van der Waals surface area (Å²) in [5.74, 6) is 1.17. The predicted octanol–water partition coefficient (Wildman–Crippen LogP) is 2.17. The van der Waals surface area contributed by atoms with Crippen molar-refractivity contribution in [1.82, 2.24) is 14.8 Å². The monoisotopic (exact) mass is 367 g/mol. The van der Waals surface area contributed by atoms with Crippen LogP contribution in [0.5, 0.6) is 0 Å². The summed E-state index contributed by atoms with van der Waals surface area (Å²) < 4.78 is 0. The van der Waals surface area contributed by atoms with E-state index in [2.05, 4.69) is 32.8 Å². The number of anilines is 1. The number of pyridine rings is 1. The number of hydrogen-bond donors (Lipinski definition) is 0. The number of hydrogen-bond acceptors (Lipinski definition) is 5. The Hall–Kier alpha value is -2.13. The molecule has 1 aromatic rings. The van der Waals surface area contributed by atoms with Crippen molar-refractivity contribution in [3.63, 3.8) is 0 Å². The molecule has 0 aliphatic carbocycles. The van der Waals surface area contributed by atoms with E-state index in [-0.39, 0.29) is 5.41 Å². The lowest BCUT2D eigenvalue weighted by Gasteiger charge is -2.49. The number of rotatable bonds is 2. The number of carbonyl (C=O) groups excluding carboxylic acids is 1. The van der Waals surface area contributed by atoms with Gasteiger partial charge >= 0.3 is 0 Å². The van der Waals surface area contributed by atoms with Gasteiger partial charge in [-0.25, -0.2) is 4.98 Å². The van der Waals surface area contributed by atoms with Crippen LogP contribution in [0.1, 0.15) is 43.4 Å². The number of nitriles is 1. The van der Waals surface area contributed by atoms with E-state index in [0.29, 0.717) is 23.9 Å². The van der Waals surface area contributed by atoms with Crippen LogP contribution in [0.4, 0.5) is 5.82 Å². The first-order chi connectivity index (χ1) is 13.0. The molecule has 27 heavy (non-hydrogen) atoms. The fourth-order valence-corrected chi connectivity index (χ4v) is 5.02. The van der Waals surface area contributed by atoms with Crippen LogP contribution < -0.4 is 4.90 Å². The molecule has 0 N–H and O–H groups in total. The second kappa shape index (κ2) is 7.12. The number of amides is 1. The van der Waals surface area contributed by atoms with Crippen molar-refractivity contribution in [1.29, 1.82) is 5.26 Å². The lowest BCUT2D eigenvalue weighted by Crippen LogP contribution is -2.55. The van der Waals surface area contributed by atoms with Crippen LogP contribution in [-0.2, 0) is 4.79 Å². The maximum atomic E-state index is 12.6. The Balaban J connectivity index is 1.46. The Morgan fingerprint density at radius 3 is 2.67 bits per heavy atom. The second-order valence-electron chi connectivity index (χ2n) is 8.65. The Morgan fingerprint density at radius 1 is 1.22 bits per heavy atom. The molecule has 1 spiro atoms. The van der Waals surface area contributed by atoms with E-state index in [0.717, 1.165) is 69.9 Å². The van der Waals surface area contributed by atoms with E-state index in [1.54, 1.807) is 0 Å². The molecule has 3 saturated heterocycles. The van der Waals surface area contributed by atoms with Crippen LogP contribution >= 0.6 is 0 Å². The van der Waals surface area contributed by atoms with Gasteiger partial charge in [-0.3, -0.25) is 4.79 Å². The van der Waals surface area contributed by atoms with Crippen LogP contribution in [-0.4, -0.2) is 66.5 Å². The molecule has 0 bridgehead atoms. The molecule has 0 radical (unpaired) electrons. The Labute approximate surface area is 161 Å². The molecule has 0 aromatic carbocycles. The summed E-state index contributed by atoms with van der Waals surface area (Å²) in [5, 5.41) is 9.42. The molecule has 4 heterocycles. The normalized spacial score (nSPS) is 25.8. The maximum absolute atomic E-state index is 12.6. The Morgan fingerprint density at radius 2 is 2.00 bits per heavy atom. The van der Waals surface area contributed by atoms with Crippen molar-refractivity contribution >= 4 is 11.7 Å². The molecule has 6 heteroatoms. The third-order valence-corrected chi connectivity index (χ3v) is 6.76. The number of aromatic nitrogens is 1. The minimum Gasteiger partial charge on any atom is -0.355 e. The van der Waals surface area contributed by atoms with Crippen molar-refractivity contribution < 1.29 is 4.79 Å². The summed E-state index contributed by atoms with van der Waals surface area (Å²) in [7, 11) is 2.14. The molecule has 144 valence electrons. The van der Waals surface area contributed by atoms with Crippen LogP contribution in [0, 0.1) is 23.7 Å². The van der Waals surface area contributed by atoms with E-state index < -0.39 is 0 Å². The average Bonchev–Trinajstić information content (AvgIpc) is 3.11. The SMILES string of the molecule is Cc1ccc(C#N)c(N2CCC3(CCC(=O)N([C@H]4CCN(C)C4)C3)CC2)n1. The fourth-order valence-electron chi connectivity index (χ4n) is 5.02. The van der Waals surface area contributed by atoms with Gasteiger partial charge in [0.15, 0.2) is 0 Å². The first kappa shape index (κ1) is 18.2. The fraction of sp³-hybridized carbons (Fsp3) is 0.667. The largest absolute Gasteiger partial charge is 0.355 e. The summed E-state index contributed by atoms with van der Waals surface area (Å²) in [4.78, 5) is 24.0. The van der Waals surface area contributed by atoms with Crippen molar-refractivity contribution in [3.05, 3.63) is 23.4 Å². The average molecular weight is 367 g/mol. The van der Waals surface area contributed by atoms with E-state index in [4.69, 9.17) is 0 Å². The van der Waals surface area contributed by atoms with Gasteiger partial charge in [0.05, 0.1) is 5.56 Å². The van der Waals surface area contributed by atoms with Crippen molar-refractivity contribution in [3.8, 4) is 6.07 Å². The topological polar surface area (TPSA) is 63.5 Å². The number of likely N-dealkylation sites (tertiary alicyclic amines) is 2. The lowest BCUT2D eigenvalue weighted by atomic mass is 9.72. The van der Waals surface area contributed by atoms with Gasteiger partial charge in [0, 0.05) is 44.3 Å². The van der Waals surface area contributed by atoms with Gasteiger partial charge in [-0.2, -0.15) is 5.26 Å². The zero-order chi connectivity index (χ0) is 19.0. The smallest absolute Gasteiger partial charge is 0.222 e. The maximum Gasteiger partial charge on any atom is 0.222 e.